The number of nitrogens with one attached hydrogen (secondary N) is 2. The number of nitrogens with zero attached hydrogens (tertiary/aromatic N) is 5. The molecule has 3 aromatic rings. The van der Waals surface area contributed by atoms with Gasteiger partial charge >= 0.3 is 19.6 Å². The molecule has 23 heteroatoms. The van der Waals surface area contributed by atoms with E-state index in [9.17, 15) is 28.6 Å². The van der Waals surface area contributed by atoms with Crippen molar-refractivity contribution in [3.05, 3.63) is 49.8 Å². The average Bonchev–Trinajstić information content (AvgIpc) is 3.94. The number of hydrogen-bond acceptors (Lipinski definition) is 16. The highest BCUT2D eigenvalue weighted by Gasteiger charge is 2.52. The molecule has 2 aliphatic rings. The predicted molar refractivity (Wildman–Crippen MR) is 234 cm³/mol. The maximum atomic E-state index is 14.5. The van der Waals surface area contributed by atoms with E-state index in [-0.39, 0.29) is 36.8 Å². The third-order valence-electron chi connectivity index (χ3n) is 11.7. The second-order valence-electron chi connectivity index (χ2n) is 16.2. The number of imidazole rings is 1. The van der Waals surface area contributed by atoms with Crippen LogP contribution in [-0.2, 0) is 42.0 Å². The van der Waals surface area contributed by atoms with Crippen LogP contribution in [0.25, 0.3) is 11.2 Å². The normalized spacial score (nSPS) is 24.3. The second kappa shape index (κ2) is 25.1. The minimum atomic E-state index is -4.70. The van der Waals surface area contributed by atoms with Crippen molar-refractivity contribution in [2.75, 3.05) is 53.9 Å². The SMILES string of the molecule is CCCCCCCCCCCCCCCCCN(C[C@H]1O[C@@H](n2cnc3c(=O)[nH]c(N)nc32)[C@@H](OC)C1OP(=O)(O)OC)C(=O)OC1C(OC)[C@H](n2ccc(=O)[nH]c2=O)O[C@@H]1COC. The van der Waals surface area contributed by atoms with Gasteiger partial charge in [-0.1, -0.05) is 96.8 Å². The van der Waals surface area contributed by atoms with Crippen molar-refractivity contribution < 1.29 is 51.7 Å². The van der Waals surface area contributed by atoms with Gasteiger partial charge in [0.1, 0.15) is 30.5 Å². The summed E-state index contributed by atoms with van der Waals surface area (Å²) in [5.74, 6) is -0.183. The number of fused-ring (bicyclic) bond motifs is 1. The number of ether oxygens (including phenoxy) is 6. The number of hydrogen-bond donors (Lipinski definition) is 4. The molecular weight excluding hydrogens is 859 g/mol. The van der Waals surface area contributed by atoms with Gasteiger partial charge in [-0.2, -0.15) is 4.98 Å². The number of phosphoric ester groups is 1. The Morgan fingerprint density at radius 1 is 0.828 bits per heavy atom. The van der Waals surface area contributed by atoms with Crippen molar-refractivity contribution in [3.8, 4) is 0 Å². The van der Waals surface area contributed by atoms with E-state index in [2.05, 4.69) is 26.9 Å². The van der Waals surface area contributed by atoms with Gasteiger partial charge in [0, 0.05) is 47.2 Å². The Morgan fingerprint density at radius 2 is 1.41 bits per heavy atom. The Bertz CT molecular complexity index is 2130. The zero-order valence-corrected chi connectivity index (χ0v) is 38.5. The Morgan fingerprint density at radius 3 is 1.98 bits per heavy atom. The van der Waals surface area contributed by atoms with E-state index >= 15 is 0 Å². The third-order valence-corrected chi connectivity index (χ3v) is 12.7. The van der Waals surface area contributed by atoms with Gasteiger partial charge in [-0.15, -0.1) is 0 Å². The van der Waals surface area contributed by atoms with E-state index in [4.69, 9.17) is 43.2 Å². The van der Waals surface area contributed by atoms with Gasteiger partial charge in [0.05, 0.1) is 19.5 Å². The van der Waals surface area contributed by atoms with Crippen LogP contribution >= 0.6 is 7.82 Å². The zero-order chi connectivity index (χ0) is 46.2. The lowest BCUT2D eigenvalue weighted by Gasteiger charge is -2.31. The molecule has 0 aromatic carbocycles. The van der Waals surface area contributed by atoms with Crippen molar-refractivity contribution in [2.24, 2.45) is 0 Å². The van der Waals surface area contributed by atoms with Crippen LogP contribution < -0.4 is 22.5 Å². The molecule has 5 N–H and O–H groups in total. The number of nitrogens with two attached hydrogens (primary N) is 1. The molecule has 5 heterocycles. The summed E-state index contributed by atoms with van der Waals surface area (Å²) in [6, 6.07) is 1.16. The summed E-state index contributed by atoms with van der Waals surface area (Å²) < 4.78 is 61.8. The first-order chi connectivity index (χ1) is 30.9. The fourth-order valence-corrected chi connectivity index (χ4v) is 9.02. The molecule has 1 amide bonds. The van der Waals surface area contributed by atoms with Crippen LogP contribution in [0.1, 0.15) is 116 Å². The molecule has 5 rings (SSSR count). The topological polar surface area (TPSA) is 276 Å². The first-order valence-corrected chi connectivity index (χ1v) is 23.8. The summed E-state index contributed by atoms with van der Waals surface area (Å²) in [5, 5.41) is 0. The largest absolute Gasteiger partial charge is 0.472 e. The number of H-pyrrole nitrogens is 2. The number of carbonyl (C=O) groups is 1. The van der Waals surface area contributed by atoms with E-state index in [1.165, 1.54) is 108 Å². The molecule has 0 bridgehead atoms. The van der Waals surface area contributed by atoms with Crippen molar-refractivity contribution in [2.45, 2.75) is 152 Å². The molecule has 0 saturated carbocycles. The summed E-state index contributed by atoms with van der Waals surface area (Å²) >= 11 is 0. The summed E-state index contributed by atoms with van der Waals surface area (Å²) in [5.41, 5.74) is 3.91. The fourth-order valence-electron chi connectivity index (χ4n) is 8.37. The smallest absolute Gasteiger partial charge is 0.440 e. The van der Waals surface area contributed by atoms with E-state index < -0.39 is 79.8 Å². The van der Waals surface area contributed by atoms with Gasteiger partial charge in [0.25, 0.3) is 11.1 Å². The molecule has 64 heavy (non-hydrogen) atoms. The zero-order valence-electron chi connectivity index (χ0n) is 37.6. The Hall–Kier alpha value is -3.99. The number of aromatic nitrogens is 6. The lowest BCUT2D eigenvalue weighted by Crippen LogP contribution is -2.48. The van der Waals surface area contributed by atoms with Gasteiger partial charge in [-0.25, -0.2) is 19.1 Å². The Labute approximate surface area is 372 Å². The van der Waals surface area contributed by atoms with Crippen LogP contribution in [-0.4, -0.2) is 130 Å². The summed E-state index contributed by atoms with van der Waals surface area (Å²) in [6.07, 6.45) is 10.1. The van der Waals surface area contributed by atoms with Crippen LogP contribution in [0.5, 0.6) is 0 Å². The summed E-state index contributed by atoms with van der Waals surface area (Å²) in [4.78, 5) is 76.8. The molecule has 4 unspecified atom stereocenters. The van der Waals surface area contributed by atoms with E-state index in [0.717, 1.165) is 43.4 Å². The minimum Gasteiger partial charge on any atom is -0.440 e. The molecule has 22 nitrogen and oxygen atoms in total. The third kappa shape index (κ3) is 13.5. The average molecular weight is 927 g/mol. The van der Waals surface area contributed by atoms with Crippen LogP contribution in [0.15, 0.2) is 33.0 Å². The van der Waals surface area contributed by atoms with Crippen molar-refractivity contribution in [1.29, 1.82) is 0 Å². The molecular formula is C41H67N8O14P. The number of anilines is 1. The highest BCUT2D eigenvalue weighted by atomic mass is 31.2. The first kappa shape index (κ1) is 51.0. The first-order valence-electron chi connectivity index (χ1n) is 22.3. The lowest BCUT2D eigenvalue weighted by molar-refractivity contribution is -0.0676. The molecule has 0 radical (unpaired) electrons. The maximum absolute atomic E-state index is 14.5. The molecule has 0 aliphatic carbocycles. The van der Waals surface area contributed by atoms with E-state index in [1.807, 2.05) is 0 Å². The molecule has 2 aliphatic heterocycles. The Balaban J connectivity index is 1.33. The lowest BCUT2D eigenvalue weighted by atomic mass is 10.0. The number of aromatic amines is 2. The molecule has 2 fully saturated rings. The molecule has 0 spiro atoms. The Kier molecular flexibility index (Phi) is 20.0. The quantitative estimate of drug-likeness (QED) is 0.0575. The van der Waals surface area contributed by atoms with Crippen LogP contribution in [0.2, 0.25) is 0 Å². The number of rotatable bonds is 28. The number of nitrogen functional groups attached to an aromatic ring is 1. The van der Waals surface area contributed by atoms with Gasteiger partial charge in [0.2, 0.25) is 5.95 Å². The van der Waals surface area contributed by atoms with Gasteiger partial charge in [0.15, 0.2) is 29.7 Å². The van der Waals surface area contributed by atoms with Gasteiger partial charge in [-0.05, 0) is 6.42 Å². The maximum Gasteiger partial charge on any atom is 0.472 e. The van der Waals surface area contributed by atoms with Crippen molar-refractivity contribution in [1.82, 2.24) is 34.0 Å². The van der Waals surface area contributed by atoms with Crippen molar-refractivity contribution >= 4 is 31.0 Å². The molecule has 9 atom stereocenters. The van der Waals surface area contributed by atoms with Crippen LogP contribution in [0.3, 0.4) is 0 Å². The predicted octanol–water partition coefficient (Wildman–Crippen LogP) is 4.53. The molecule has 360 valence electrons. The fraction of sp³-hybridized carbons (Fsp3) is 0.756. The number of methoxy groups -OCH3 is 3. The highest BCUT2D eigenvalue weighted by molar-refractivity contribution is 7.47. The monoisotopic (exact) mass is 926 g/mol. The van der Waals surface area contributed by atoms with E-state index in [0.29, 0.717) is 6.42 Å². The number of amides is 1. The van der Waals surface area contributed by atoms with Gasteiger partial charge in [-0.3, -0.25) is 37.7 Å². The standard InChI is InChI=1S/C41H67N8O14P/c1-6-7-8-9-10-11-12-13-14-15-16-17-18-19-20-22-47(41(53)62-31-28(25-56-2)61-37(33(31)57-3)48-23-21-29(50)44-40(48)52)24-27-32(63-64(54,55)59-5)34(58-4)38(60-27)49-26-43-30-35(49)45-39(42)46-36(30)51/h21,23,26-28,31-34,37-38H,6-20,22,24-25H2,1-5H3,(H,54,55)(H,44,50,52)(H3,42,45,46,51)/t27-,28-,31?,32?,33?,34+,37-,38-/m1/s1. The van der Waals surface area contributed by atoms with E-state index in [1.54, 1.807) is 0 Å². The van der Waals surface area contributed by atoms with Crippen LogP contribution in [0, 0.1) is 0 Å². The second-order valence-corrected chi connectivity index (χ2v) is 17.8. The van der Waals surface area contributed by atoms with Gasteiger partial charge < -0.3 is 43.9 Å². The minimum absolute atomic E-state index is 0.0452. The molecule has 3 aromatic heterocycles. The number of carbonyl (C=O) groups excluding carboxylic acids is 1. The van der Waals surface area contributed by atoms with Crippen LogP contribution in [0.4, 0.5) is 10.7 Å². The number of unbranched alkanes of at least 4 members (excludes halogenated alkanes) is 14. The highest BCUT2D eigenvalue weighted by Crippen LogP contribution is 2.48. The number of phosphoric acid groups is 1. The molecule has 2 saturated heterocycles. The summed E-state index contributed by atoms with van der Waals surface area (Å²) in [6.45, 7) is 2.12. The summed E-state index contributed by atoms with van der Waals surface area (Å²) in [7, 11) is 0.464. The van der Waals surface area contributed by atoms with Crippen molar-refractivity contribution in [3.63, 3.8) is 0 Å².